The molecule has 0 saturated carbocycles. The molecule has 0 spiro atoms. The number of rotatable bonds is 7. The first-order valence-corrected chi connectivity index (χ1v) is 9.13. The third kappa shape index (κ3) is 3.56. The van der Waals surface area contributed by atoms with Crippen LogP contribution >= 0.6 is 0 Å². The highest BCUT2D eigenvalue weighted by Gasteiger charge is 2.48. The van der Waals surface area contributed by atoms with Crippen LogP contribution in [-0.4, -0.2) is 36.8 Å². The first-order chi connectivity index (χ1) is 12.7. The van der Waals surface area contributed by atoms with E-state index in [0.29, 0.717) is 18.7 Å². The number of methoxy groups -OCH3 is 1. The standard InChI is InChI=1S/C22H25NO3/c1-3-14-23-15-18(20(24)16-10-6-4-7-11-16)19(22(23)25)21(26-2)17-12-8-5-9-13-17/h4-13,18-19,21H,3,14-15H2,1-2H3/t18-,19-,21?/m1/s1. The zero-order valence-electron chi connectivity index (χ0n) is 15.3. The average Bonchev–Trinajstić information content (AvgIpc) is 3.00. The quantitative estimate of drug-likeness (QED) is 0.714. The van der Waals surface area contributed by atoms with E-state index in [9.17, 15) is 9.59 Å². The van der Waals surface area contributed by atoms with Crippen molar-refractivity contribution in [2.24, 2.45) is 11.8 Å². The molecule has 136 valence electrons. The van der Waals surface area contributed by atoms with Crippen LogP contribution in [0.1, 0.15) is 35.4 Å². The van der Waals surface area contributed by atoms with Gasteiger partial charge < -0.3 is 9.64 Å². The van der Waals surface area contributed by atoms with E-state index in [2.05, 4.69) is 0 Å². The van der Waals surface area contributed by atoms with Gasteiger partial charge in [-0.2, -0.15) is 0 Å². The van der Waals surface area contributed by atoms with Gasteiger partial charge >= 0.3 is 0 Å². The summed E-state index contributed by atoms with van der Waals surface area (Å²) in [6, 6.07) is 18.9. The molecule has 3 rings (SSSR count). The minimum absolute atomic E-state index is 0.0110. The predicted octanol–water partition coefficient (Wildman–Crippen LogP) is 3.74. The summed E-state index contributed by atoms with van der Waals surface area (Å²) < 4.78 is 5.73. The van der Waals surface area contributed by atoms with Gasteiger partial charge in [0.15, 0.2) is 5.78 Å². The summed E-state index contributed by atoms with van der Waals surface area (Å²) in [6.45, 7) is 3.16. The van der Waals surface area contributed by atoms with Gasteiger partial charge in [-0.1, -0.05) is 67.6 Å². The molecule has 1 unspecified atom stereocenters. The van der Waals surface area contributed by atoms with Crippen LogP contribution in [0.15, 0.2) is 60.7 Å². The molecule has 1 amide bonds. The van der Waals surface area contributed by atoms with Crippen LogP contribution < -0.4 is 0 Å². The Morgan fingerprint density at radius 1 is 1.12 bits per heavy atom. The minimum Gasteiger partial charge on any atom is -0.376 e. The van der Waals surface area contributed by atoms with Gasteiger partial charge in [-0.25, -0.2) is 0 Å². The Bertz CT molecular complexity index is 744. The highest BCUT2D eigenvalue weighted by molar-refractivity contribution is 6.02. The van der Waals surface area contributed by atoms with Crippen LogP contribution in [0.4, 0.5) is 0 Å². The molecule has 2 aromatic carbocycles. The molecule has 3 atom stereocenters. The van der Waals surface area contributed by atoms with Crippen LogP contribution in [0.25, 0.3) is 0 Å². The number of likely N-dealkylation sites (tertiary alicyclic amines) is 1. The number of hydrogen-bond donors (Lipinski definition) is 0. The lowest BCUT2D eigenvalue weighted by molar-refractivity contribution is -0.135. The number of nitrogens with zero attached hydrogens (tertiary/aromatic N) is 1. The first kappa shape index (κ1) is 18.3. The number of benzene rings is 2. The van der Waals surface area contributed by atoms with E-state index >= 15 is 0 Å². The molecule has 1 fully saturated rings. The van der Waals surface area contributed by atoms with Gasteiger partial charge in [0.2, 0.25) is 5.91 Å². The highest BCUT2D eigenvalue weighted by atomic mass is 16.5. The fourth-order valence-corrected chi connectivity index (χ4v) is 3.83. The Morgan fingerprint density at radius 3 is 2.31 bits per heavy atom. The summed E-state index contributed by atoms with van der Waals surface area (Å²) in [4.78, 5) is 28.1. The van der Waals surface area contributed by atoms with Crippen molar-refractivity contribution in [2.45, 2.75) is 19.4 Å². The van der Waals surface area contributed by atoms with Gasteiger partial charge in [-0.05, 0) is 12.0 Å². The van der Waals surface area contributed by atoms with Crippen molar-refractivity contribution in [3.63, 3.8) is 0 Å². The second-order valence-corrected chi connectivity index (χ2v) is 6.71. The Balaban J connectivity index is 1.97. The van der Waals surface area contributed by atoms with Crippen molar-refractivity contribution in [2.75, 3.05) is 20.2 Å². The van der Waals surface area contributed by atoms with E-state index in [4.69, 9.17) is 4.74 Å². The van der Waals surface area contributed by atoms with E-state index in [1.54, 1.807) is 7.11 Å². The van der Waals surface area contributed by atoms with Crippen LogP contribution in [0, 0.1) is 11.8 Å². The molecule has 4 nitrogen and oxygen atoms in total. The molecule has 2 aromatic rings. The number of amides is 1. The average molecular weight is 351 g/mol. The molecule has 0 aliphatic carbocycles. The monoisotopic (exact) mass is 351 g/mol. The third-order valence-corrected chi connectivity index (χ3v) is 5.04. The highest BCUT2D eigenvalue weighted by Crippen LogP contribution is 2.39. The Kier molecular flexibility index (Phi) is 5.84. The Labute approximate surface area is 154 Å². The van der Waals surface area contributed by atoms with Crippen molar-refractivity contribution in [1.82, 2.24) is 4.90 Å². The maximum atomic E-state index is 13.2. The van der Waals surface area contributed by atoms with E-state index in [1.165, 1.54) is 0 Å². The van der Waals surface area contributed by atoms with E-state index in [-0.39, 0.29) is 11.7 Å². The molecule has 1 saturated heterocycles. The molecule has 1 aliphatic rings. The molecule has 1 heterocycles. The zero-order chi connectivity index (χ0) is 18.5. The number of carbonyl (C=O) groups is 2. The van der Waals surface area contributed by atoms with Crippen molar-refractivity contribution in [3.8, 4) is 0 Å². The molecule has 0 N–H and O–H groups in total. The molecule has 1 aliphatic heterocycles. The maximum absolute atomic E-state index is 13.2. The van der Waals surface area contributed by atoms with Crippen molar-refractivity contribution < 1.29 is 14.3 Å². The Hall–Kier alpha value is -2.46. The van der Waals surface area contributed by atoms with Gasteiger partial charge in [-0.3, -0.25) is 9.59 Å². The first-order valence-electron chi connectivity index (χ1n) is 9.13. The number of carbonyl (C=O) groups excluding carboxylic acids is 2. The summed E-state index contributed by atoms with van der Waals surface area (Å²) in [5.74, 6) is -0.874. The van der Waals surface area contributed by atoms with Crippen LogP contribution in [0.2, 0.25) is 0 Å². The largest absolute Gasteiger partial charge is 0.376 e. The van der Waals surface area contributed by atoms with Crippen LogP contribution in [0.5, 0.6) is 0 Å². The number of ether oxygens (including phenoxy) is 1. The fraction of sp³-hybridized carbons (Fsp3) is 0.364. The second-order valence-electron chi connectivity index (χ2n) is 6.71. The van der Waals surface area contributed by atoms with Gasteiger partial charge in [-0.15, -0.1) is 0 Å². The van der Waals surface area contributed by atoms with E-state index < -0.39 is 17.9 Å². The van der Waals surface area contributed by atoms with E-state index in [0.717, 1.165) is 12.0 Å². The summed E-state index contributed by atoms with van der Waals surface area (Å²) in [5, 5.41) is 0. The number of ketones is 1. The summed E-state index contributed by atoms with van der Waals surface area (Å²) >= 11 is 0. The van der Waals surface area contributed by atoms with Gasteiger partial charge in [0.1, 0.15) is 0 Å². The predicted molar refractivity (Wildman–Crippen MR) is 101 cm³/mol. The zero-order valence-corrected chi connectivity index (χ0v) is 15.3. The lowest BCUT2D eigenvalue weighted by Gasteiger charge is -2.25. The summed E-state index contributed by atoms with van der Waals surface area (Å²) in [6.07, 6.45) is 0.441. The summed E-state index contributed by atoms with van der Waals surface area (Å²) in [7, 11) is 1.61. The Morgan fingerprint density at radius 2 is 1.73 bits per heavy atom. The molecule has 0 aromatic heterocycles. The second kappa shape index (κ2) is 8.28. The van der Waals surface area contributed by atoms with Crippen molar-refractivity contribution >= 4 is 11.7 Å². The van der Waals surface area contributed by atoms with Gasteiger partial charge in [0, 0.05) is 25.8 Å². The fourth-order valence-electron chi connectivity index (χ4n) is 3.83. The normalized spacial score (nSPS) is 21.0. The van der Waals surface area contributed by atoms with Crippen LogP contribution in [-0.2, 0) is 9.53 Å². The lowest BCUT2D eigenvalue weighted by Crippen LogP contribution is -2.32. The molecular weight excluding hydrogens is 326 g/mol. The van der Waals surface area contributed by atoms with Gasteiger partial charge in [0.05, 0.1) is 17.9 Å². The van der Waals surface area contributed by atoms with Crippen molar-refractivity contribution in [3.05, 3.63) is 71.8 Å². The SMILES string of the molecule is CCCN1C[C@@H](C(=O)c2ccccc2)[C@H](C(OC)c2ccccc2)C1=O. The van der Waals surface area contributed by atoms with Crippen LogP contribution in [0.3, 0.4) is 0 Å². The number of Topliss-reactive ketones (excluding diaryl/α,β-unsaturated/α-hetero) is 1. The molecule has 4 heteroatoms. The third-order valence-electron chi connectivity index (χ3n) is 5.04. The summed E-state index contributed by atoms with van der Waals surface area (Å²) in [5.41, 5.74) is 1.58. The topological polar surface area (TPSA) is 46.6 Å². The smallest absolute Gasteiger partial charge is 0.229 e. The van der Waals surface area contributed by atoms with Gasteiger partial charge in [0.25, 0.3) is 0 Å². The molecule has 26 heavy (non-hydrogen) atoms. The van der Waals surface area contributed by atoms with E-state index in [1.807, 2.05) is 72.5 Å². The van der Waals surface area contributed by atoms with Crippen molar-refractivity contribution in [1.29, 1.82) is 0 Å². The molecular formula is C22H25NO3. The lowest BCUT2D eigenvalue weighted by atomic mass is 9.82. The molecule has 0 bridgehead atoms. The maximum Gasteiger partial charge on any atom is 0.229 e. The minimum atomic E-state index is -0.498. The molecule has 0 radical (unpaired) electrons. The number of hydrogen-bond acceptors (Lipinski definition) is 3.